The van der Waals surface area contributed by atoms with Crippen molar-refractivity contribution >= 4 is 55.7 Å². The number of hydrogen-bond acceptors (Lipinski definition) is 10. The van der Waals surface area contributed by atoms with E-state index < -0.39 is 80.1 Å². The maximum Gasteiger partial charge on any atom is 0.338 e. The third-order valence-electron chi connectivity index (χ3n) is 6.28. The molecule has 0 spiro atoms. The number of carbonyl (C=O) groups is 2. The van der Waals surface area contributed by atoms with E-state index in [-0.39, 0.29) is 24.5 Å². The van der Waals surface area contributed by atoms with Crippen LogP contribution in [0.25, 0.3) is 0 Å². The van der Waals surface area contributed by atoms with Gasteiger partial charge in [-0.15, -0.1) is 0 Å². The van der Waals surface area contributed by atoms with Crippen molar-refractivity contribution in [3.63, 3.8) is 0 Å². The maximum absolute atomic E-state index is 13.2. The standard InChI is InChI=1S/C19H19B3O11S2/c20-5-8-3-9(6-21)11(7-22)10(4-8)18(23)32-14-13-12(19(24)30-1-2-34(25,26)27)17-16(31-13)15(14)33-35(17,28)29/h3-4,12-17H,1-2,5-7H2,(H,25,26,27). The molecule has 182 valence electrons. The minimum absolute atomic E-state index is 0.0336. The minimum atomic E-state index is -4.41. The highest BCUT2D eigenvalue weighted by molar-refractivity contribution is 7.87. The summed E-state index contributed by atoms with van der Waals surface area (Å²) in [7, 11) is 8.60. The summed E-state index contributed by atoms with van der Waals surface area (Å²) in [5, 5.41) is -1.41. The summed E-state index contributed by atoms with van der Waals surface area (Å²) in [4.78, 5) is 25.8. The molecule has 2 bridgehead atoms. The summed E-state index contributed by atoms with van der Waals surface area (Å²) >= 11 is 0. The first-order valence-electron chi connectivity index (χ1n) is 10.6. The number of rotatable bonds is 9. The second-order valence-electron chi connectivity index (χ2n) is 8.33. The van der Waals surface area contributed by atoms with Crippen LogP contribution >= 0.6 is 0 Å². The van der Waals surface area contributed by atoms with E-state index >= 15 is 0 Å². The highest BCUT2D eigenvalue weighted by Gasteiger charge is 2.74. The second kappa shape index (κ2) is 9.54. The first-order valence-corrected chi connectivity index (χ1v) is 13.6. The summed E-state index contributed by atoms with van der Waals surface area (Å²) in [6.45, 7) is -0.708. The Morgan fingerprint density at radius 3 is 2.37 bits per heavy atom. The van der Waals surface area contributed by atoms with Crippen LogP contribution in [0.4, 0.5) is 0 Å². The molecule has 3 aliphatic heterocycles. The van der Waals surface area contributed by atoms with Gasteiger partial charge in [-0.1, -0.05) is 36.2 Å². The molecule has 11 nitrogen and oxygen atoms in total. The van der Waals surface area contributed by atoms with Gasteiger partial charge < -0.3 is 14.2 Å². The summed E-state index contributed by atoms with van der Waals surface area (Å²) in [5.41, 5.74) is 1.70. The number of benzene rings is 1. The van der Waals surface area contributed by atoms with Crippen molar-refractivity contribution in [2.75, 3.05) is 12.4 Å². The van der Waals surface area contributed by atoms with Gasteiger partial charge in [-0.2, -0.15) is 16.8 Å². The monoisotopic (exact) mass is 520 g/mol. The zero-order chi connectivity index (χ0) is 25.7. The van der Waals surface area contributed by atoms with E-state index in [2.05, 4.69) is 0 Å². The molecule has 6 unspecified atom stereocenters. The predicted molar refractivity (Wildman–Crippen MR) is 121 cm³/mol. The normalized spacial score (nSPS) is 30.3. The van der Waals surface area contributed by atoms with E-state index in [4.69, 9.17) is 46.5 Å². The number of ether oxygens (including phenoxy) is 3. The Kier molecular flexibility index (Phi) is 7.14. The van der Waals surface area contributed by atoms with E-state index in [1.54, 1.807) is 6.07 Å². The van der Waals surface area contributed by atoms with Crippen molar-refractivity contribution < 1.29 is 49.4 Å². The Balaban J connectivity index is 1.60. The van der Waals surface area contributed by atoms with Gasteiger partial charge in [0.25, 0.3) is 20.2 Å². The molecule has 3 heterocycles. The lowest BCUT2D eigenvalue weighted by Crippen LogP contribution is -2.50. The van der Waals surface area contributed by atoms with Crippen LogP contribution < -0.4 is 0 Å². The number of esters is 2. The lowest BCUT2D eigenvalue weighted by atomic mass is 9.81. The van der Waals surface area contributed by atoms with Crippen molar-refractivity contribution in [2.24, 2.45) is 5.92 Å². The fourth-order valence-corrected chi connectivity index (χ4v) is 6.91. The van der Waals surface area contributed by atoms with Crippen LogP contribution in [0.15, 0.2) is 12.1 Å². The lowest BCUT2D eigenvalue weighted by Gasteiger charge is -2.27. The molecule has 3 fully saturated rings. The molecule has 0 aromatic heterocycles. The van der Waals surface area contributed by atoms with Crippen molar-refractivity contribution in [2.45, 2.75) is 48.6 Å². The van der Waals surface area contributed by atoms with Crippen LogP contribution in [0, 0.1) is 5.92 Å². The van der Waals surface area contributed by atoms with E-state index in [1.807, 2.05) is 0 Å². The van der Waals surface area contributed by atoms with Gasteiger partial charge in [0.2, 0.25) is 0 Å². The third kappa shape index (κ3) is 4.78. The van der Waals surface area contributed by atoms with Gasteiger partial charge in [-0.25, -0.2) is 4.79 Å². The average Bonchev–Trinajstić information content (AvgIpc) is 3.39. The average molecular weight is 520 g/mol. The molecule has 1 N–H and O–H groups in total. The molecule has 6 radical (unpaired) electrons. The fourth-order valence-electron chi connectivity index (χ4n) is 4.78. The fraction of sp³-hybridized carbons (Fsp3) is 0.579. The van der Waals surface area contributed by atoms with Crippen molar-refractivity contribution in [3.8, 4) is 0 Å². The largest absolute Gasteiger partial charge is 0.464 e. The summed E-state index contributed by atoms with van der Waals surface area (Å²) in [6.07, 6.45) is -4.61. The molecule has 0 aliphatic carbocycles. The highest BCUT2D eigenvalue weighted by atomic mass is 32.2. The van der Waals surface area contributed by atoms with Crippen LogP contribution in [0.1, 0.15) is 27.0 Å². The van der Waals surface area contributed by atoms with Gasteiger partial charge in [-0.3, -0.25) is 13.5 Å². The predicted octanol–water partition coefficient (Wildman–Crippen LogP) is -1.86. The first kappa shape index (κ1) is 26.2. The van der Waals surface area contributed by atoms with Gasteiger partial charge in [0, 0.05) is 0 Å². The molecule has 6 atom stereocenters. The SMILES string of the molecule is [B]Cc1cc(C[B])c(C[B])c(C(=O)OC2C3OS(=O)(=O)C4C3OC2C4C(=O)OCCS(=O)(=O)O)c1. The number of carbonyl (C=O) groups excluding carboxylic acids is 2. The minimum Gasteiger partial charge on any atom is -0.464 e. The molecule has 0 saturated carbocycles. The molecule has 0 amide bonds. The number of hydrogen-bond donors (Lipinski definition) is 1. The lowest BCUT2D eigenvalue weighted by molar-refractivity contribution is -0.151. The van der Waals surface area contributed by atoms with Crippen LogP contribution in [-0.4, -0.2) is 98.9 Å². The van der Waals surface area contributed by atoms with Gasteiger partial charge in [0.15, 0.2) is 6.10 Å². The quantitative estimate of drug-likeness (QED) is 0.169. The van der Waals surface area contributed by atoms with E-state index in [0.717, 1.165) is 0 Å². The molecular weight excluding hydrogens is 501 g/mol. The Hall–Kier alpha value is -1.87. The van der Waals surface area contributed by atoms with Crippen LogP contribution in [-0.2, 0) is 62.4 Å². The molecule has 4 rings (SSSR count). The topological polar surface area (TPSA) is 160 Å². The highest BCUT2D eigenvalue weighted by Crippen LogP contribution is 2.51. The smallest absolute Gasteiger partial charge is 0.338 e. The van der Waals surface area contributed by atoms with Crippen LogP contribution in [0.5, 0.6) is 0 Å². The van der Waals surface area contributed by atoms with Gasteiger partial charge >= 0.3 is 11.9 Å². The van der Waals surface area contributed by atoms with Crippen molar-refractivity contribution in [3.05, 3.63) is 34.4 Å². The Morgan fingerprint density at radius 2 is 1.77 bits per heavy atom. The molecule has 1 aromatic carbocycles. The summed E-state index contributed by atoms with van der Waals surface area (Å²) < 4.78 is 77.0. The molecule has 35 heavy (non-hydrogen) atoms. The second-order valence-corrected chi connectivity index (χ2v) is 11.6. The Morgan fingerprint density at radius 1 is 1.06 bits per heavy atom. The van der Waals surface area contributed by atoms with Gasteiger partial charge in [0.1, 0.15) is 41.8 Å². The van der Waals surface area contributed by atoms with Gasteiger partial charge in [-0.05, 0) is 11.6 Å². The first-order chi connectivity index (χ1) is 16.4. The number of fused-ring (bicyclic) bond motifs is 1. The maximum atomic E-state index is 13.2. The van der Waals surface area contributed by atoms with Crippen molar-refractivity contribution in [1.82, 2.24) is 0 Å². The van der Waals surface area contributed by atoms with Crippen LogP contribution in [0.3, 0.4) is 0 Å². The zero-order valence-electron chi connectivity index (χ0n) is 18.2. The van der Waals surface area contributed by atoms with E-state index in [1.165, 1.54) is 6.07 Å². The molecule has 3 saturated heterocycles. The summed E-state index contributed by atoms with van der Waals surface area (Å²) in [6, 6.07) is 3.21. The Bertz CT molecular complexity index is 1250. The van der Waals surface area contributed by atoms with Gasteiger partial charge in [0.05, 0.1) is 29.1 Å². The van der Waals surface area contributed by atoms with Crippen LogP contribution in [0.2, 0.25) is 0 Å². The third-order valence-corrected chi connectivity index (χ3v) is 8.68. The Labute approximate surface area is 206 Å². The van der Waals surface area contributed by atoms with E-state index in [0.29, 0.717) is 16.7 Å². The molecule has 3 aliphatic rings. The molecule has 16 heteroatoms. The molecular formula is C19H19B3O11S2. The molecule has 1 aromatic rings. The van der Waals surface area contributed by atoms with Crippen molar-refractivity contribution in [1.29, 1.82) is 0 Å². The van der Waals surface area contributed by atoms with E-state index in [9.17, 15) is 26.4 Å². The summed E-state index contributed by atoms with van der Waals surface area (Å²) in [5.74, 6) is -4.26. The zero-order valence-corrected chi connectivity index (χ0v) is 19.9.